The minimum atomic E-state index is -0.404. The molecule has 1 amide bonds. The van der Waals surface area contributed by atoms with Crippen LogP contribution in [0.2, 0.25) is 0 Å². The average Bonchev–Trinajstić information content (AvgIpc) is 2.90. The van der Waals surface area contributed by atoms with Gasteiger partial charge in [0.15, 0.2) is 6.61 Å². The Kier molecular flexibility index (Phi) is 4.39. The van der Waals surface area contributed by atoms with Crippen molar-refractivity contribution >= 4 is 17.6 Å². The van der Waals surface area contributed by atoms with Crippen LogP contribution >= 0.6 is 0 Å². The van der Waals surface area contributed by atoms with E-state index in [1.807, 2.05) is 0 Å². The van der Waals surface area contributed by atoms with E-state index in [0.29, 0.717) is 5.69 Å². The van der Waals surface area contributed by atoms with Gasteiger partial charge in [-0.1, -0.05) is 12.1 Å². The molecule has 1 aliphatic heterocycles. The highest BCUT2D eigenvalue weighted by Crippen LogP contribution is 2.09. The molecule has 102 valence electrons. The molecule has 1 aromatic carbocycles. The topological polar surface area (TPSA) is 72.6 Å². The molecule has 0 spiro atoms. The molecule has 2 N–H and O–H groups in total. The highest BCUT2D eigenvalue weighted by atomic mass is 16.5. The monoisotopic (exact) mass is 262 g/mol. The summed E-state index contributed by atoms with van der Waals surface area (Å²) < 4.78 is 4.99. The number of nitrogen functional groups attached to an aromatic ring is 1. The smallest absolute Gasteiger partial charge is 0.310 e. The van der Waals surface area contributed by atoms with E-state index in [4.69, 9.17) is 10.5 Å². The van der Waals surface area contributed by atoms with Crippen molar-refractivity contribution in [3.63, 3.8) is 0 Å². The van der Waals surface area contributed by atoms with Crippen LogP contribution in [0.3, 0.4) is 0 Å². The maximum Gasteiger partial charge on any atom is 0.310 e. The molecule has 1 aliphatic rings. The highest BCUT2D eigenvalue weighted by molar-refractivity contribution is 5.81. The molecule has 0 unspecified atom stereocenters. The molecule has 1 aromatic rings. The second kappa shape index (κ2) is 6.22. The molecule has 0 radical (unpaired) electrons. The van der Waals surface area contributed by atoms with Crippen molar-refractivity contribution < 1.29 is 14.3 Å². The van der Waals surface area contributed by atoms with Crippen LogP contribution < -0.4 is 5.73 Å². The number of likely N-dealkylation sites (tertiary alicyclic amines) is 1. The summed E-state index contributed by atoms with van der Waals surface area (Å²) in [4.78, 5) is 25.0. The number of rotatable bonds is 4. The van der Waals surface area contributed by atoms with Gasteiger partial charge in [-0.15, -0.1) is 0 Å². The molecule has 0 aliphatic carbocycles. The van der Waals surface area contributed by atoms with Crippen LogP contribution in [0.5, 0.6) is 0 Å². The van der Waals surface area contributed by atoms with Crippen molar-refractivity contribution in [2.75, 3.05) is 25.4 Å². The van der Waals surface area contributed by atoms with Crippen LogP contribution in [0.1, 0.15) is 18.4 Å². The number of hydrogen-bond donors (Lipinski definition) is 1. The third-order valence-corrected chi connectivity index (χ3v) is 3.11. The van der Waals surface area contributed by atoms with Crippen molar-refractivity contribution in [2.24, 2.45) is 0 Å². The minimum Gasteiger partial charge on any atom is -0.455 e. The maximum atomic E-state index is 11.7. The Morgan fingerprint density at radius 2 is 2.00 bits per heavy atom. The average molecular weight is 262 g/mol. The Morgan fingerprint density at radius 1 is 1.26 bits per heavy atom. The molecule has 2 rings (SSSR count). The van der Waals surface area contributed by atoms with Gasteiger partial charge in [-0.3, -0.25) is 9.59 Å². The summed E-state index contributed by atoms with van der Waals surface area (Å²) >= 11 is 0. The van der Waals surface area contributed by atoms with E-state index in [0.717, 1.165) is 31.5 Å². The fraction of sp³-hybridized carbons (Fsp3) is 0.429. The second-order valence-electron chi connectivity index (χ2n) is 4.67. The summed E-state index contributed by atoms with van der Waals surface area (Å²) in [6, 6.07) is 7.07. The summed E-state index contributed by atoms with van der Waals surface area (Å²) in [6.45, 7) is 1.37. The largest absolute Gasteiger partial charge is 0.455 e. The lowest BCUT2D eigenvalue weighted by molar-refractivity contribution is -0.151. The third-order valence-electron chi connectivity index (χ3n) is 3.11. The van der Waals surface area contributed by atoms with Gasteiger partial charge in [0.2, 0.25) is 0 Å². The van der Waals surface area contributed by atoms with Gasteiger partial charge in [0.05, 0.1) is 6.42 Å². The Hall–Kier alpha value is -2.04. The molecule has 1 saturated heterocycles. The quantitative estimate of drug-likeness (QED) is 0.648. The van der Waals surface area contributed by atoms with Crippen molar-refractivity contribution in [3.8, 4) is 0 Å². The van der Waals surface area contributed by atoms with Crippen molar-refractivity contribution in [3.05, 3.63) is 29.8 Å². The van der Waals surface area contributed by atoms with Crippen LogP contribution in [-0.2, 0) is 20.7 Å². The number of carbonyl (C=O) groups excluding carboxylic acids is 2. The third kappa shape index (κ3) is 3.98. The van der Waals surface area contributed by atoms with Crippen LogP contribution in [0.4, 0.5) is 5.69 Å². The molecule has 19 heavy (non-hydrogen) atoms. The number of carbonyl (C=O) groups is 2. The molecule has 1 heterocycles. The number of nitrogens with zero attached hydrogens (tertiary/aromatic N) is 1. The number of anilines is 1. The summed E-state index contributed by atoms with van der Waals surface area (Å²) in [5, 5.41) is 0. The Balaban J connectivity index is 1.76. The SMILES string of the molecule is Nc1cccc(CC(=O)OCC(=O)N2CCCC2)c1. The first-order valence-electron chi connectivity index (χ1n) is 6.43. The Labute approximate surface area is 112 Å². The van der Waals surface area contributed by atoms with Gasteiger partial charge in [-0.05, 0) is 30.5 Å². The molecular weight excluding hydrogens is 244 g/mol. The number of benzene rings is 1. The lowest BCUT2D eigenvalue weighted by Gasteiger charge is -2.14. The van der Waals surface area contributed by atoms with Crippen molar-refractivity contribution in [1.82, 2.24) is 4.90 Å². The first-order valence-corrected chi connectivity index (χ1v) is 6.43. The molecule has 5 nitrogen and oxygen atoms in total. The highest BCUT2D eigenvalue weighted by Gasteiger charge is 2.19. The van der Waals surface area contributed by atoms with E-state index in [1.54, 1.807) is 29.2 Å². The van der Waals surface area contributed by atoms with Crippen LogP contribution in [0.25, 0.3) is 0 Å². The molecular formula is C14H18N2O3. The van der Waals surface area contributed by atoms with E-state index in [-0.39, 0.29) is 18.9 Å². The summed E-state index contributed by atoms with van der Waals surface area (Å²) in [7, 11) is 0. The predicted octanol–water partition coefficient (Wildman–Crippen LogP) is 0.977. The molecule has 1 fully saturated rings. The van der Waals surface area contributed by atoms with Crippen molar-refractivity contribution in [1.29, 1.82) is 0 Å². The maximum absolute atomic E-state index is 11.7. The van der Waals surface area contributed by atoms with Gasteiger partial charge in [0.25, 0.3) is 5.91 Å². The lowest BCUT2D eigenvalue weighted by Crippen LogP contribution is -2.32. The van der Waals surface area contributed by atoms with Crippen LogP contribution in [0.15, 0.2) is 24.3 Å². The number of ether oxygens (including phenoxy) is 1. The van der Waals surface area contributed by atoms with E-state index in [9.17, 15) is 9.59 Å². The zero-order valence-electron chi connectivity index (χ0n) is 10.8. The molecule has 0 saturated carbocycles. The number of nitrogens with two attached hydrogens (primary N) is 1. The molecule has 0 bridgehead atoms. The normalized spacial score (nSPS) is 14.4. The van der Waals surface area contributed by atoms with Gasteiger partial charge in [0, 0.05) is 18.8 Å². The van der Waals surface area contributed by atoms with E-state index in [1.165, 1.54) is 0 Å². The summed E-state index contributed by atoms with van der Waals surface area (Å²) in [5.41, 5.74) is 7.03. The van der Waals surface area contributed by atoms with Crippen molar-refractivity contribution in [2.45, 2.75) is 19.3 Å². The molecule has 5 heteroatoms. The van der Waals surface area contributed by atoms with Gasteiger partial charge in [-0.25, -0.2) is 0 Å². The first-order chi connectivity index (χ1) is 9.15. The summed E-state index contributed by atoms with van der Waals surface area (Å²) in [6.07, 6.45) is 2.20. The first kappa shape index (κ1) is 13.4. The zero-order valence-corrected chi connectivity index (χ0v) is 10.8. The summed E-state index contributed by atoms with van der Waals surface area (Å²) in [5.74, 6) is -0.517. The van der Waals surface area contributed by atoms with E-state index >= 15 is 0 Å². The van der Waals surface area contributed by atoms with E-state index < -0.39 is 5.97 Å². The number of esters is 1. The molecule has 0 aromatic heterocycles. The number of amides is 1. The van der Waals surface area contributed by atoms with Gasteiger partial charge in [-0.2, -0.15) is 0 Å². The zero-order chi connectivity index (χ0) is 13.7. The van der Waals surface area contributed by atoms with Gasteiger partial charge in [0.1, 0.15) is 0 Å². The van der Waals surface area contributed by atoms with Crippen LogP contribution in [-0.4, -0.2) is 36.5 Å². The predicted molar refractivity (Wildman–Crippen MR) is 71.3 cm³/mol. The van der Waals surface area contributed by atoms with Crippen LogP contribution in [0, 0.1) is 0 Å². The standard InChI is InChI=1S/C14H18N2O3/c15-12-5-3-4-11(8-12)9-14(18)19-10-13(17)16-6-1-2-7-16/h3-5,8H,1-2,6-7,9-10,15H2. The Bertz CT molecular complexity index is 468. The number of hydrogen-bond acceptors (Lipinski definition) is 4. The molecule has 0 atom stereocenters. The Morgan fingerprint density at radius 3 is 2.68 bits per heavy atom. The minimum absolute atomic E-state index is 0.113. The van der Waals surface area contributed by atoms with Gasteiger partial charge < -0.3 is 15.4 Å². The fourth-order valence-corrected chi connectivity index (χ4v) is 2.12. The fourth-order valence-electron chi connectivity index (χ4n) is 2.12. The van der Waals surface area contributed by atoms with E-state index in [2.05, 4.69) is 0 Å². The second-order valence-corrected chi connectivity index (χ2v) is 4.67. The van der Waals surface area contributed by atoms with Gasteiger partial charge >= 0.3 is 5.97 Å². The lowest BCUT2D eigenvalue weighted by atomic mass is 10.1.